The third-order valence-electron chi connectivity index (χ3n) is 10.0. The Balaban J connectivity index is 0.00000221. The molecule has 0 radical (unpaired) electrons. The zero-order chi connectivity index (χ0) is 34.5. The maximum Gasteiger partial charge on any atom is 0.0525 e. The SMILES string of the molecule is C=C(/C=C/C1=C(N(c2ccccc2)c2ccccc2)C(=C/C=C2/N(C)c3ccccc3C2(C)C)/CC1)C(C)(C)c1ccccc1C.CC. The van der Waals surface area contributed by atoms with Crippen LogP contribution in [0.4, 0.5) is 17.1 Å². The Morgan fingerprint density at radius 2 is 1.33 bits per heavy atom. The van der Waals surface area contributed by atoms with Crippen LogP contribution in [-0.2, 0) is 10.8 Å². The number of likely N-dealkylation sites (N-methyl/N-ethyl adjacent to an activating group) is 1. The van der Waals surface area contributed by atoms with Crippen LogP contribution in [0.15, 0.2) is 168 Å². The molecule has 2 nitrogen and oxygen atoms in total. The Morgan fingerprint density at radius 3 is 1.94 bits per heavy atom. The Hall–Kier alpha value is -4.82. The number of rotatable bonds is 8. The summed E-state index contributed by atoms with van der Waals surface area (Å²) in [7, 11) is 2.19. The molecule has 1 aliphatic carbocycles. The highest BCUT2D eigenvalue weighted by Crippen LogP contribution is 2.47. The van der Waals surface area contributed by atoms with Gasteiger partial charge in [-0.1, -0.05) is 145 Å². The van der Waals surface area contributed by atoms with Crippen molar-refractivity contribution in [3.63, 3.8) is 0 Å². The van der Waals surface area contributed by atoms with Crippen LogP contribution in [0.5, 0.6) is 0 Å². The van der Waals surface area contributed by atoms with Crippen molar-refractivity contribution in [3.8, 4) is 0 Å². The lowest BCUT2D eigenvalue weighted by molar-refractivity contribution is 0.636. The second-order valence-electron chi connectivity index (χ2n) is 13.6. The summed E-state index contributed by atoms with van der Waals surface area (Å²) in [6.07, 6.45) is 11.2. The van der Waals surface area contributed by atoms with E-state index in [9.17, 15) is 0 Å². The van der Waals surface area contributed by atoms with E-state index in [0.717, 1.165) is 29.8 Å². The summed E-state index contributed by atoms with van der Waals surface area (Å²) in [5.74, 6) is 0. The fraction of sp³-hybridized carbons (Fsp3) is 0.261. The maximum absolute atomic E-state index is 4.59. The van der Waals surface area contributed by atoms with E-state index in [0.29, 0.717) is 0 Å². The number of aryl methyl sites for hydroxylation is 1. The minimum atomic E-state index is -0.184. The number of fused-ring (bicyclic) bond motifs is 1. The van der Waals surface area contributed by atoms with Gasteiger partial charge in [-0.15, -0.1) is 0 Å². The van der Waals surface area contributed by atoms with E-state index in [2.05, 4.69) is 192 Å². The Labute approximate surface area is 290 Å². The highest BCUT2D eigenvalue weighted by molar-refractivity contribution is 5.75. The Morgan fingerprint density at radius 1 is 0.771 bits per heavy atom. The summed E-state index contributed by atoms with van der Waals surface area (Å²) in [6.45, 7) is 20.0. The van der Waals surface area contributed by atoms with Gasteiger partial charge < -0.3 is 9.80 Å². The standard InChI is InChI=1S/C44H46N2.C2H6/c1-32-18-14-15-23-38(32)43(3,4)33(2)26-27-34-28-29-35(30-31-41-44(5,6)39-24-16-17-25-40(39)45(41)7)42(34)46(36-19-10-8-11-20-36)37-21-12-9-13-22-37;1-2/h8-27,30-31H,2,28-29H2,1,3-7H3;1-2H3/b27-26+,35-30+,41-31+;. The number of allylic oxidation sites excluding steroid dienone is 8. The van der Waals surface area contributed by atoms with Crippen molar-refractivity contribution >= 4 is 17.1 Å². The lowest BCUT2D eigenvalue weighted by atomic mass is 9.76. The van der Waals surface area contributed by atoms with Crippen molar-refractivity contribution in [1.29, 1.82) is 0 Å². The van der Waals surface area contributed by atoms with Crippen LogP contribution in [-0.4, -0.2) is 7.05 Å². The molecule has 0 unspecified atom stereocenters. The molecule has 6 rings (SSSR count). The van der Waals surface area contributed by atoms with Crippen LogP contribution in [0.3, 0.4) is 0 Å². The summed E-state index contributed by atoms with van der Waals surface area (Å²) >= 11 is 0. The van der Waals surface area contributed by atoms with Crippen molar-refractivity contribution in [1.82, 2.24) is 0 Å². The molecular weight excluding hydrogens is 581 g/mol. The molecule has 0 saturated heterocycles. The van der Waals surface area contributed by atoms with E-state index in [1.165, 1.54) is 44.9 Å². The smallest absolute Gasteiger partial charge is 0.0525 e. The van der Waals surface area contributed by atoms with Gasteiger partial charge >= 0.3 is 0 Å². The molecule has 0 saturated carbocycles. The van der Waals surface area contributed by atoms with Crippen molar-refractivity contribution < 1.29 is 0 Å². The quantitative estimate of drug-likeness (QED) is 0.178. The number of anilines is 3. The lowest BCUT2D eigenvalue weighted by Crippen LogP contribution is -2.22. The van der Waals surface area contributed by atoms with Crippen LogP contribution >= 0.6 is 0 Å². The van der Waals surface area contributed by atoms with Crippen molar-refractivity contribution in [2.24, 2.45) is 0 Å². The molecule has 246 valence electrons. The predicted molar refractivity (Wildman–Crippen MR) is 209 cm³/mol. The van der Waals surface area contributed by atoms with E-state index in [-0.39, 0.29) is 10.8 Å². The van der Waals surface area contributed by atoms with Crippen molar-refractivity contribution in [2.45, 2.75) is 72.1 Å². The maximum atomic E-state index is 4.59. The fourth-order valence-corrected chi connectivity index (χ4v) is 7.22. The molecule has 0 fully saturated rings. The number of nitrogens with zero attached hydrogens (tertiary/aromatic N) is 2. The zero-order valence-corrected chi connectivity index (χ0v) is 30.2. The molecule has 0 N–H and O–H groups in total. The first-order valence-corrected chi connectivity index (χ1v) is 17.4. The monoisotopic (exact) mass is 632 g/mol. The zero-order valence-electron chi connectivity index (χ0n) is 30.2. The van der Waals surface area contributed by atoms with E-state index >= 15 is 0 Å². The average Bonchev–Trinajstić information content (AvgIpc) is 3.59. The summed E-state index contributed by atoms with van der Waals surface area (Å²) < 4.78 is 0. The Bertz CT molecular complexity index is 1830. The molecule has 0 amide bonds. The Kier molecular flexibility index (Phi) is 10.4. The summed E-state index contributed by atoms with van der Waals surface area (Å²) in [5.41, 5.74) is 13.6. The topological polar surface area (TPSA) is 6.48 Å². The second-order valence-corrected chi connectivity index (χ2v) is 13.6. The molecule has 1 aliphatic heterocycles. The molecule has 4 aromatic rings. The van der Waals surface area contributed by atoms with E-state index in [1.54, 1.807) is 0 Å². The number of benzene rings is 4. The van der Waals surface area contributed by atoms with Crippen LogP contribution in [0, 0.1) is 6.92 Å². The van der Waals surface area contributed by atoms with Gasteiger partial charge in [0.2, 0.25) is 0 Å². The van der Waals surface area contributed by atoms with Gasteiger partial charge in [-0.05, 0) is 89.6 Å². The average molecular weight is 633 g/mol. The minimum Gasteiger partial charge on any atom is -0.347 e. The first kappa shape index (κ1) is 34.5. The normalized spacial score (nSPS) is 17.1. The first-order chi connectivity index (χ1) is 23.1. The second kappa shape index (κ2) is 14.5. The van der Waals surface area contributed by atoms with Gasteiger partial charge in [-0.25, -0.2) is 0 Å². The molecule has 0 spiro atoms. The summed E-state index contributed by atoms with van der Waals surface area (Å²) in [5, 5.41) is 0. The number of hydrogen-bond acceptors (Lipinski definition) is 2. The minimum absolute atomic E-state index is 0.0783. The molecule has 1 heterocycles. The van der Waals surface area contributed by atoms with Gasteiger partial charge in [0.05, 0.1) is 5.70 Å². The van der Waals surface area contributed by atoms with Crippen LogP contribution in [0.1, 0.15) is 71.1 Å². The highest BCUT2D eigenvalue weighted by atomic mass is 15.2. The molecule has 4 aromatic carbocycles. The third-order valence-corrected chi connectivity index (χ3v) is 10.0. The van der Waals surface area contributed by atoms with Gasteiger partial charge in [0, 0.05) is 40.6 Å². The fourth-order valence-electron chi connectivity index (χ4n) is 7.22. The largest absolute Gasteiger partial charge is 0.347 e. The van der Waals surface area contributed by atoms with Gasteiger partial charge in [0.15, 0.2) is 0 Å². The van der Waals surface area contributed by atoms with Crippen LogP contribution in [0.2, 0.25) is 0 Å². The van der Waals surface area contributed by atoms with E-state index in [1.807, 2.05) is 13.8 Å². The summed E-state index contributed by atoms with van der Waals surface area (Å²) in [4.78, 5) is 4.79. The van der Waals surface area contributed by atoms with E-state index < -0.39 is 0 Å². The number of para-hydroxylation sites is 3. The van der Waals surface area contributed by atoms with Crippen LogP contribution < -0.4 is 9.80 Å². The molecule has 48 heavy (non-hydrogen) atoms. The van der Waals surface area contributed by atoms with Gasteiger partial charge in [-0.2, -0.15) is 0 Å². The van der Waals surface area contributed by atoms with Gasteiger partial charge in [0.1, 0.15) is 0 Å². The lowest BCUT2D eigenvalue weighted by Gasteiger charge is -2.29. The third kappa shape index (κ3) is 6.62. The van der Waals surface area contributed by atoms with Crippen LogP contribution in [0.25, 0.3) is 0 Å². The molecule has 2 heteroatoms. The van der Waals surface area contributed by atoms with Crippen molar-refractivity contribution in [2.75, 3.05) is 16.8 Å². The highest BCUT2D eigenvalue weighted by Gasteiger charge is 2.38. The molecule has 0 aromatic heterocycles. The van der Waals surface area contributed by atoms with Gasteiger partial charge in [0.25, 0.3) is 0 Å². The summed E-state index contributed by atoms with van der Waals surface area (Å²) in [6, 6.07) is 39.0. The van der Waals surface area contributed by atoms with Gasteiger partial charge in [-0.3, -0.25) is 0 Å². The molecular formula is C46H52N2. The van der Waals surface area contributed by atoms with Crippen molar-refractivity contribution in [3.05, 3.63) is 185 Å². The first-order valence-electron chi connectivity index (χ1n) is 17.4. The molecule has 2 aliphatic rings. The van der Waals surface area contributed by atoms with E-state index in [4.69, 9.17) is 0 Å². The molecule has 0 atom stereocenters. The molecule has 0 bridgehead atoms. The predicted octanol–water partition coefficient (Wildman–Crippen LogP) is 12.5. The number of hydrogen-bond donors (Lipinski definition) is 0.